The number of aliphatic hydroxyl groups is 1. The molecule has 4 nitrogen and oxygen atoms in total. The van der Waals surface area contributed by atoms with E-state index in [1.807, 2.05) is 30.3 Å². The number of likely N-dealkylation sites (N-methyl/N-ethyl adjacent to an activating group) is 1. The van der Waals surface area contributed by atoms with Gasteiger partial charge in [0.1, 0.15) is 13.2 Å². The Morgan fingerprint density at radius 3 is 2.38 bits per heavy atom. The lowest BCUT2D eigenvalue weighted by Crippen LogP contribution is -2.46. The van der Waals surface area contributed by atoms with Gasteiger partial charge >= 0.3 is 5.97 Å². The van der Waals surface area contributed by atoms with Gasteiger partial charge in [-0.25, -0.2) is 0 Å². The first-order chi connectivity index (χ1) is 10.1. The number of benzene rings is 1. The maximum absolute atomic E-state index is 12.3. The van der Waals surface area contributed by atoms with Gasteiger partial charge in [0.05, 0.1) is 26.1 Å². The average molecular weight is 294 g/mol. The molecule has 21 heavy (non-hydrogen) atoms. The van der Waals surface area contributed by atoms with Crippen molar-refractivity contribution < 1.29 is 19.1 Å². The van der Waals surface area contributed by atoms with Crippen LogP contribution in [0.4, 0.5) is 0 Å². The molecule has 0 saturated heterocycles. The van der Waals surface area contributed by atoms with Crippen molar-refractivity contribution in [1.82, 2.24) is 0 Å². The van der Waals surface area contributed by atoms with Gasteiger partial charge in [0.15, 0.2) is 0 Å². The molecule has 0 heterocycles. The summed E-state index contributed by atoms with van der Waals surface area (Å²) in [6, 6.07) is 9.51. The van der Waals surface area contributed by atoms with Crippen LogP contribution in [0.15, 0.2) is 30.3 Å². The molecule has 0 aromatic heterocycles. The minimum absolute atomic E-state index is 0.0215. The Hall–Kier alpha value is -1.39. The minimum atomic E-state index is -0.377. The summed E-state index contributed by atoms with van der Waals surface area (Å²) in [5, 5.41) is 9.17. The van der Waals surface area contributed by atoms with Gasteiger partial charge in [-0.05, 0) is 25.8 Å². The Kier molecular flexibility index (Phi) is 7.40. The van der Waals surface area contributed by atoms with Gasteiger partial charge in [-0.3, -0.25) is 4.79 Å². The molecule has 118 valence electrons. The number of esters is 1. The fourth-order valence-corrected chi connectivity index (χ4v) is 2.24. The molecule has 1 N–H and O–H groups in total. The second-order valence-corrected chi connectivity index (χ2v) is 5.62. The predicted octanol–water partition coefficient (Wildman–Crippen LogP) is 2.18. The number of nitrogens with zero attached hydrogens (tertiary/aromatic N) is 1. The molecule has 0 bridgehead atoms. The Morgan fingerprint density at radius 1 is 1.24 bits per heavy atom. The van der Waals surface area contributed by atoms with Crippen molar-refractivity contribution in [3.8, 4) is 0 Å². The number of carbonyl (C=O) groups excluding carboxylic acids is 1. The topological polar surface area (TPSA) is 46.5 Å². The zero-order chi connectivity index (χ0) is 15.7. The molecule has 0 saturated carbocycles. The van der Waals surface area contributed by atoms with Crippen LogP contribution in [0.3, 0.4) is 0 Å². The molecule has 1 atom stereocenters. The van der Waals surface area contributed by atoms with Crippen molar-refractivity contribution in [3.05, 3.63) is 35.9 Å². The van der Waals surface area contributed by atoms with E-state index in [9.17, 15) is 4.79 Å². The first-order valence-corrected chi connectivity index (χ1v) is 7.72. The lowest BCUT2D eigenvalue weighted by molar-refractivity contribution is -0.906. The lowest BCUT2D eigenvalue weighted by atomic mass is 9.96. The molecule has 1 unspecified atom stereocenters. The quantitative estimate of drug-likeness (QED) is 0.561. The third-order valence-corrected chi connectivity index (χ3v) is 4.31. The Labute approximate surface area is 127 Å². The highest BCUT2D eigenvalue weighted by atomic mass is 16.5. The van der Waals surface area contributed by atoms with E-state index >= 15 is 0 Å². The van der Waals surface area contributed by atoms with Gasteiger partial charge in [0.25, 0.3) is 0 Å². The molecule has 0 amide bonds. The van der Waals surface area contributed by atoms with Crippen molar-refractivity contribution >= 4 is 5.97 Å². The maximum Gasteiger partial charge on any atom is 0.313 e. The Bertz CT molecular complexity index is 415. The van der Waals surface area contributed by atoms with Crippen LogP contribution in [0.25, 0.3) is 0 Å². The highest BCUT2D eigenvalue weighted by Crippen LogP contribution is 2.20. The number of ether oxygens (including phenoxy) is 1. The lowest BCUT2D eigenvalue weighted by Gasteiger charge is -2.31. The molecule has 0 aliphatic carbocycles. The Balaban J connectivity index is 2.59. The third kappa shape index (κ3) is 5.48. The van der Waals surface area contributed by atoms with E-state index in [2.05, 4.69) is 20.9 Å². The summed E-state index contributed by atoms with van der Waals surface area (Å²) in [6.07, 6.45) is 0.399. The number of aliphatic hydroxyl groups excluding tert-OH is 1. The zero-order valence-electron chi connectivity index (χ0n) is 13.4. The average Bonchev–Trinajstić information content (AvgIpc) is 2.53. The molecule has 0 spiro atoms. The van der Waals surface area contributed by atoms with E-state index < -0.39 is 0 Å². The van der Waals surface area contributed by atoms with Crippen LogP contribution < -0.4 is 0 Å². The Morgan fingerprint density at radius 2 is 1.86 bits per heavy atom. The summed E-state index contributed by atoms with van der Waals surface area (Å²) in [5.74, 6) is -0.618. The number of quaternary nitrogens is 1. The van der Waals surface area contributed by atoms with E-state index in [1.54, 1.807) is 0 Å². The van der Waals surface area contributed by atoms with Gasteiger partial charge in [-0.15, -0.1) is 0 Å². The number of hydrogen-bond donors (Lipinski definition) is 1. The van der Waals surface area contributed by atoms with Crippen LogP contribution in [0.2, 0.25) is 0 Å². The standard InChI is InChI=1S/C17H28NO3/c1-4-18(3,5-2)12-14-21-17(20)16(11-13-19)15-9-7-6-8-10-15/h6-10,16,19H,4-5,11-14H2,1-3H3/q+1. The molecular weight excluding hydrogens is 266 g/mol. The maximum atomic E-state index is 12.3. The van der Waals surface area contributed by atoms with Gasteiger partial charge in [-0.2, -0.15) is 0 Å². The van der Waals surface area contributed by atoms with E-state index in [0.29, 0.717) is 13.0 Å². The van der Waals surface area contributed by atoms with Crippen LogP contribution in [0.5, 0.6) is 0 Å². The van der Waals surface area contributed by atoms with E-state index in [-0.39, 0.29) is 18.5 Å². The fourth-order valence-electron chi connectivity index (χ4n) is 2.24. The largest absolute Gasteiger partial charge is 0.459 e. The summed E-state index contributed by atoms with van der Waals surface area (Å²) in [5.41, 5.74) is 0.903. The molecule has 1 aromatic rings. The molecule has 4 heteroatoms. The van der Waals surface area contributed by atoms with Gasteiger partial charge in [0.2, 0.25) is 0 Å². The van der Waals surface area contributed by atoms with Crippen LogP contribution >= 0.6 is 0 Å². The summed E-state index contributed by atoms with van der Waals surface area (Å²) >= 11 is 0. The molecule has 1 aromatic carbocycles. The second kappa shape index (κ2) is 8.80. The monoisotopic (exact) mass is 294 g/mol. The summed E-state index contributed by atoms with van der Waals surface area (Å²) in [6.45, 7) is 7.55. The van der Waals surface area contributed by atoms with Crippen molar-refractivity contribution in [2.24, 2.45) is 0 Å². The molecule has 0 aliphatic rings. The first-order valence-electron chi connectivity index (χ1n) is 7.72. The van der Waals surface area contributed by atoms with Crippen molar-refractivity contribution in [1.29, 1.82) is 0 Å². The highest BCUT2D eigenvalue weighted by Gasteiger charge is 2.23. The van der Waals surface area contributed by atoms with Crippen LogP contribution in [-0.4, -0.2) is 55.5 Å². The van der Waals surface area contributed by atoms with Gasteiger partial charge < -0.3 is 14.3 Å². The normalized spacial score (nSPS) is 13.0. The van der Waals surface area contributed by atoms with Crippen LogP contribution in [0, 0.1) is 0 Å². The first kappa shape index (κ1) is 17.7. The third-order valence-electron chi connectivity index (χ3n) is 4.31. The smallest absolute Gasteiger partial charge is 0.313 e. The van der Waals surface area contributed by atoms with Gasteiger partial charge in [-0.1, -0.05) is 30.3 Å². The van der Waals surface area contributed by atoms with E-state index in [1.165, 1.54) is 0 Å². The molecule has 0 radical (unpaired) electrons. The van der Waals surface area contributed by atoms with Crippen LogP contribution in [0.1, 0.15) is 31.7 Å². The van der Waals surface area contributed by atoms with Gasteiger partial charge in [0, 0.05) is 6.61 Å². The van der Waals surface area contributed by atoms with E-state index in [0.717, 1.165) is 29.7 Å². The summed E-state index contributed by atoms with van der Waals surface area (Å²) in [4.78, 5) is 12.3. The molecular formula is C17H28NO3+. The number of hydrogen-bond acceptors (Lipinski definition) is 3. The predicted molar refractivity (Wildman–Crippen MR) is 84.0 cm³/mol. The number of rotatable bonds is 9. The minimum Gasteiger partial charge on any atom is -0.459 e. The van der Waals surface area contributed by atoms with Crippen molar-refractivity contribution in [2.45, 2.75) is 26.2 Å². The zero-order valence-corrected chi connectivity index (χ0v) is 13.4. The van der Waals surface area contributed by atoms with Crippen molar-refractivity contribution in [2.75, 3.05) is 39.9 Å². The molecule has 0 aliphatic heterocycles. The van der Waals surface area contributed by atoms with Crippen LogP contribution in [-0.2, 0) is 9.53 Å². The van der Waals surface area contributed by atoms with E-state index in [4.69, 9.17) is 9.84 Å². The number of carbonyl (C=O) groups is 1. The highest BCUT2D eigenvalue weighted by molar-refractivity contribution is 5.78. The molecule has 0 fully saturated rings. The van der Waals surface area contributed by atoms with Crippen molar-refractivity contribution in [3.63, 3.8) is 0 Å². The second-order valence-electron chi connectivity index (χ2n) is 5.62. The molecule has 1 rings (SSSR count). The summed E-state index contributed by atoms with van der Waals surface area (Å²) in [7, 11) is 2.16. The fraction of sp³-hybridized carbons (Fsp3) is 0.588. The summed E-state index contributed by atoms with van der Waals surface area (Å²) < 4.78 is 6.34. The SMILES string of the molecule is CC[N+](C)(CC)CCOC(=O)C(CCO)c1ccccc1.